The van der Waals surface area contributed by atoms with Crippen molar-refractivity contribution in [3.05, 3.63) is 152 Å². The molecule has 3 nitrogen and oxygen atoms in total. The predicted molar refractivity (Wildman–Crippen MR) is 180 cm³/mol. The van der Waals surface area contributed by atoms with Gasteiger partial charge in [-0.15, -0.1) is 11.3 Å². The average molecular weight is 568 g/mol. The summed E-state index contributed by atoms with van der Waals surface area (Å²) in [6, 6.07) is 52.7. The molecule has 0 radical (unpaired) electrons. The van der Waals surface area contributed by atoms with Gasteiger partial charge in [-0.2, -0.15) is 0 Å². The van der Waals surface area contributed by atoms with Gasteiger partial charge >= 0.3 is 0 Å². The number of fused-ring (bicyclic) bond motifs is 2. The summed E-state index contributed by atoms with van der Waals surface area (Å²) in [7, 11) is 0. The molecule has 4 heteroatoms. The fourth-order valence-electron chi connectivity index (χ4n) is 5.52. The smallest absolute Gasteiger partial charge is 0.160 e. The topological polar surface area (TPSA) is 38.7 Å². The highest BCUT2D eigenvalue weighted by molar-refractivity contribution is 7.22. The number of hydrogen-bond acceptors (Lipinski definition) is 4. The maximum atomic E-state index is 5.02. The number of benzene rings is 6. The normalized spacial score (nSPS) is 11.3. The highest BCUT2D eigenvalue weighted by atomic mass is 32.1. The predicted octanol–water partition coefficient (Wildman–Crippen LogP) is 10.6. The molecular weight excluding hydrogens is 543 g/mol. The summed E-state index contributed by atoms with van der Waals surface area (Å²) in [5.41, 5.74) is 9.53. The Balaban J connectivity index is 1.20. The van der Waals surface area contributed by atoms with E-state index in [0.717, 1.165) is 50.0 Å². The van der Waals surface area contributed by atoms with E-state index in [0.29, 0.717) is 0 Å². The molecule has 0 aliphatic heterocycles. The van der Waals surface area contributed by atoms with E-state index in [1.165, 1.54) is 26.6 Å². The first-order valence-corrected chi connectivity index (χ1v) is 15.1. The van der Waals surface area contributed by atoms with Crippen molar-refractivity contribution in [2.75, 3.05) is 0 Å². The number of thiazole rings is 1. The van der Waals surface area contributed by atoms with E-state index in [9.17, 15) is 0 Å². The second kappa shape index (κ2) is 10.8. The van der Waals surface area contributed by atoms with Gasteiger partial charge in [0.05, 0.1) is 21.6 Å². The zero-order chi connectivity index (χ0) is 28.6. The van der Waals surface area contributed by atoms with Crippen molar-refractivity contribution in [2.45, 2.75) is 0 Å². The summed E-state index contributed by atoms with van der Waals surface area (Å²) in [5, 5.41) is 3.40. The third-order valence-electron chi connectivity index (χ3n) is 7.71. The van der Waals surface area contributed by atoms with Crippen LogP contribution >= 0.6 is 11.3 Å². The fraction of sp³-hybridized carbons (Fsp3) is 0. The van der Waals surface area contributed by atoms with Crippen LogP contribution in [0.25, 0.3) is 76.6 Å². The molecular formula is C39H25N3S. The van der Waals surface area contributed by atoms with Gasteiger partial charge in [0.25, 0.3) is 0 Å². The Morgan fingerprint density at radius 3 is 1.67 bits per heavy atom. The Kier molecular flexibility index (Phi) is 6.32. The quantitative estimate of drug-likeness (QED) is 0.208. The molecule has 0 aliphatic carbocycles. The Morgan fingerprint density at radius 1 is 0.395 bits per heavy atom. The summed E-state index contributed by atoms with van der Waals surface area (Å²) in [5.74, 6) is 0.722. The fourth-order valence-corrected chi connectivity index (χ4v) is 6.63. The van der Waals surface area contributed by atoms with Crippen LogP contribution in [0, 0.1) is 0 Å². The maximum absolute atomic E-state index is 5.02. The first-order valence-electron chi connectivity index (χ1n) is 14.3. The van der Waals surface area contributed by atoms with Crippen molar-refractivity contribution in [3.8, 4) is 55.6 Å². The summed E-state index contributed by atoms with van der Waals surface area (Å²) < 4.78 is 1.21. The lowest BCUT2D eigenvalue weighted by Crippen LogP contribution is -1.95. The van der Waals surface area contributed by atoms with Crippen LogP contribution in [0.3, 0.4) is 0 Å². The van der Waals surface area contributed by atoms with Crippen LogP contribution in [-0.2, 0) is 0 Å². The monoisotopic (exact) mass is 567 g/mol. The lowest BCUT2D eigenvalue weighted by atomic mass is 9.98. The van der Waals surface area contributed by atoms with E-state index < -0.39 is 0 Å². The standard InChI is InChI=1S/C39H25N3S/c1-4-11-26(12-5-1)35-25-36(41-38(40-35)27-13-6-2-7-14-27)32-22-20-29-23-31(21-19-30(29)24-32)33-17-10-18-34-37(33)43-39(42-34)28-15-8-3-9-16-28/h1-25H. The minimum absolute atomic E-state index is 0.722. The molecule has 2 heterocycles. The van der Waals surface area contributed by atoms with Gasteiger partial charge in [-0.3, -0.25) is 0 Å². The van der Waals surface area contributed by atoms with Crippen LogP contribution in [-0.4, -0.2) is 15.0 Å². The maximum Gasteiger partial charge on any atom is 0.160 e. The van der Waals surface area contributed by atoms with E-state index in [-0.39, 0.29) is 0 Å². The molecule has 0 unspecified atom stereocenters. The summed E-state index contributed by atoms with van der Waals surface area (Å²) in [6.45, 7) is 0. The molecule has 8 aromatic rings. The number of rotatable bonds is 5. The molecule has 0 bridgehead atoms. The van der Waals surface area contributed by atoms with Crippen molar-refractivity contribution in [1.29, 1.82) is 0 Å². The zero-order valence-corrected chi connectivity index (χ0v) is 24.0. The zero-order valence-electron chi connectivity index (χ0n) is 23.2. The Hall–Kier alpha value is -5.45. The van der Waals surface area contributed by atoms with Crippen molar-refractivity contribution in [1.82, 2.24) is 15.0 Å². The molecule has 0 aliphatic rings. The van der Waals surface area contributed by atoms with Gasteiger partial charge in [0.2, 0.25) is 0 Å². The van der Waals surface area contributed by atoms with Crippen LogP contribution in [0.1, 0.15) is 0 Å². The molecule has 0 fully saturated rings. The molecule has 0 amide bonds. The van der Waals surface area contributed by atoms with Crippen LogP contribution in [0.15, 0.2) is 152 Å². The van der Waals surface area contributed by atoms with Crippen molar-refractivity contribution in [3.63, 3.8) is 0 Å². The highest BCUT2D eigenvalue weighted by Gasteiger charge is 2.13. The Bertz CT molecular complexity index is 2170. The van der Waals surface area contributed by atoms with Crippen molar-refractivity contribution < 1.29 is 0 Å². The third kappa shape index (κ3) is 4.88. The van der Waals surface area contributed by atoms with E-state index in [1.807, 2.05) is 42.5 Å². The minimum Gasteiger partial charge on any atom is -0.236 e. The van der Waals surface area contributed by atoms with Gasteiger partial charge in [0.15, 0.2) is 5.82 Å². The molecule has 0 spiro atoms. The van der Waals surface area contributed by atoms with Gasteiger partial charge < -0.3 is 0 Å². The SMILES string of the molecule is c1ccc(-c2cc(-c3ccc4cc(-c5cccc6nc(-c7ccccc7)sc56)ccc4c3)nc(-c3ccccc3)n2)cc1. The van der Waals surface area contributed by atoms with Crippen LogP contribution in [0.5, 0.6) is 0 Å². The van der Waals surface area contributed by atoms with E-state index in [4.69, 9.17) is 15.0 Å². The van der Waals surface area contributed by atoms with Gasteiger partial charge in [0, 0.05) is 27.8 Å². The Morgan fingerprint density at radius 2 is 0.977 bits per heavy atom. The number of hydrogen-bond donors (Lipinski definition) is 0. The summed E-state index contributed by atoms with van der Waals surface area (Å²) in [6.07, 6.45) is 0. The summed E-state index contributed by atoms with van der Waals surface area (Å²) >= 11 is 1.75. The third-order valence-corrected chi connectivity index (χ3v) is 8.86. The van der Waals surface area contributed by atoms with Crippen LogP contribution in [0.2, 0.25) is 0 Å². The first kappa shape index (κ1) is 25.3. The van der Waals surface area contributed by atoms with Crippen molar-refractivity contribution in [2.24, 2.45) is 0 Å². The van der Waals surface area contributed by atoms with E-state index in [2.05, 4.69) is 109 Å². The van der Waals surface area contributed by atoms with Crippen molar-refractivity contribution >= 4 is 32.3 Å². The lowest BCUT2D eigenvalue weighted by Gasteiger charge is -2.11. The second-order valence-corrected chi connectivity index (χ2v) is 11.5. The highest BCUT2D eigenvalue weighted by Crippen LogP contribution is 2.38. The Labute approximate surface area is 253 Å². The molecule has 6 aromatic carbocycles. The number of aromatic nitrogens is 3. The van der Waals surface area contributed by atoms with Gasteiger partial charge in [0.1, 0.15) is 5.01 Å². The first-order chi connectivity index (χ1) is 21.3. The van der Waals surface area contributed by atoms with E-state index >= 15 is 0 Å². The number of nitrogens with zero attached hydrogens (tertiary/aromatic N) is 3. The molecule has 202 valence electrons. The average Bonchev–Trinajstić information content (AvgIpc) is 3.54. The molecule has 0 saturated carbocycles. The van der Waals surface area contributed by atoms with Gasteiger partial charge in [-0.05, 0) is 40.6 Å². The molecule has 0 saturated heterocycles. The molecule has 8 rings (SSSR count). The summed E-state index contributed by atoms with van der Waals surface area (Å²) in [4.78, 5) is 14.9. The van der Waals surface area contributed by atoms with Gasteiger partial charge in [-0.1, -0.05) is 127 Å². The molecule has 0 N–H and O–H groups in total. The van der Waals surface area contributed by atoms with E-state index in [1.54, 1.807) is 11.3 Å². The van der Waals surface area contributed by atoms with Gasteiger partial charge in [-0.25, -0.2) is 15.0 Å². The van der Waals surface area contributed by atoms with Crippen LogP contribution < -0.4 is 0 Å². The molecule has 43 heavy (non-hydrogen) atoms. The minimum atomic E-state index is 0.722. The second-order valence-electron chi connectivity index (χ2n) is 10.5. The molecule has 0 atom stereocenters. The lowest BCUT2D eigenvalue weighted by molar-refractivity contribution is 1.18. The van der Waals surface area contributed by atoms with Crippen LogP contribution in [0.4, 0.5) is 0 Å². The largest absolute Gasteiger partial charge is 0.236 e. The molecule has 2 aromatic heterocycles.